The molecule has 2 fully saturated rings. The normalized spacial score (nSPS) is 29.0. The SMILES string of the molecule is CC(CN1C[C@@H]2CC(O)(Cc3ccc(Cl)cc3)C[C@@H]2C1)c1ccc(O)cn1. The molecule has 4 rings (SSSR count). The van der Waals surface area contributed by atoms with Gasteiger partial charge in [0.1, 0.15) is 5.75 Å². The zero-order valence-electron chi connectivity index (χ0n) is 15.7. The average Bonchev–Trinajstić information content (AvgIpc) is 3.11. The number of aromatic nitrogens is 1. The first-order valence-electron chi connectivity index (χ1n) is 9.74. The summed E-state index contributed by atoms with van der Waals surface area (Å²) in [6.07, 6.45) is 3.98. The first-order chi connectivity index (χ1) is 12.9. The molecule has 4 atom stereocenters. The van der Waals surface area contributed by atoms with Gasteiger partial charge in [0.25, 0.3) is 0 Å². The summed E-state index contributed by atoms with van der Waals surface area (Å²) in [5.74, 6) is 1.68. The van der Waals surface area contributed by atoms with E-state index < -0.39 is 5.60 Å². The molecule has 2 aromatic rings. The Kier molecular flexibility index (Phi) is 5.15. The number of hydrogen-bond donors (Lipinski definition) is 2. The van der Waals surface area contributed by atoms with Crippen LogP contribution in [0.2, 0.25) is 5.02 Å². The Labute approximate surface area is 165 Å². The molecule has 144 valence electrons. The molecular weight excluding hydrogens is 360 g/mol. The van der Waals surface area contributed by atoms with Gasteiger partial charge in [0.05, 0.1) is 11.8 Å². The molecule has 0 bridgehead atoms. The molecule has 0 amide bonds. The Bertz CT molecular complexity index is 764. The Morgan fingerprint density at radius 2 is 1.81 bits per heavy atom. The smallest absolute Gasteiger partial charge is 0.133 e. The summed E-state index contributed by atoms with van der Waals surface area (Å²) in [5, 5.41) is 21.2. The lowest BCUT2D eigenvalue weighted by Crippen LogP contribution is -2.33. The third-order valence-corrected chi connectivity index (χ3v) is 6.44. The molecule has 4 nitrogen and oxygen atoms in total. The van der Waals surface area contributed by atoms with E-state index in [1.165, 1.54) is 6.20 Å². The molecule has 0 spiro atoms. The standard InChI is InChI=1S/C22H27ClN2O2/c1-15(21-7-6-20(26)11-24-21)12-25-13-17-9-22(27,10-18(17)14-25)8-16-2-4-19(23)5-3-16/h2-7,11,15,17-18,26-27H,8-10,12-14H2,1H3/t15?,17-,18+,22?. The number of likely N-dealkylation sites (tertiary alicyclic amines) is 1. The highest BCUT2D eigenvalue weighted by atomic mass is 35.5. The minimum Gasteiger partial charge on any atom is -0.506 e. The van der Waals surface area contributed by atoms with Crippen LogP contribution in [0.5, 0.6) is 5.75 Å². The number of hydrogen-bond acceptors (Lipinski definition) is 4. The summed E-state index contributed by atoms with van der Waals surface area (Å²) in [7, 11) is 0. The second kappa shape index (κ2) is 7.42. The quantitative estimate of drug-likeness (QED) is 0.819. The van der Waals surface area contributed by atoms with Crippen LogP contribution >= 0.6 is 11.6 Å². The van der Waals surface area contributed by atoms with E-state index >= 15 is 0 Å². The molecule has 2 aliphatic rings. The molecule has 5 heteroatoms. The zero-order chi connectivity index (χ0) is 19.0. The van der Waals surface area contributed by atoms with Gasteiger partial charge in [-0.1, -0.05) is 30.7 Å². The summed E-state index contributed by atoms with van der Waals surface area (Å²) < 4.78 is 0. The Balaban J connectivity index is 1.32. The number of benzene rings is 1. The molecule has 0 radical (unpaired) electrons. The summed E-state index contributed by atoms with van der Waals surface area (Å²) in [6, 6.07) is 11.4. The van der Waals surface area contributed by atoms with Gasteiger partial charge in [0.15, 0.2) is 0 Å². The summed E-state index contributed by atoms with van der Waals surface area (Å²) in [5.41, 5.74) is 1.59. The number of fused-ring (bicyclic) bond motifs is 1. The molecular formula is C22H27ClN2O2. The maximum absolute atomic E-state index is 11.1. The summed E-state index contributed by atoms with van der Waals surface area (Å²) in [6.45, 7) is 5.26. The summed E-state index contributed by atoms with van der Waals surface area (Å²) >= 11 is 5.97. The Morgan fingerprint density at radius 3 is 2.41 bits per heavy atom. The van der Waals surface area contributed by atoms with Crippen molar-refractivity contribution in [2.75, 3.05) is 19.6 Å². The third kappa shape index (κ3) is 4.29. The lowest BCUT2D eigenvalue weighted by Gasteiger charge is -2.27. The number of aliphatic hydroxyl groups is 1. The highest BCUT2D eigenvalue weighted by Crippen LogP contribution is 2.45. The van der Waals surface area contributed by atoms with E-state index in [1.807, 2.05) is 30.3 Å². The average molecular weight is 387 g/mol. The molecule has 1 saturated carbocycles. The van der Waals surface area contributed by atoms with Crippen molar-refractivity contribution >= 4 is 11.6 Å². The van der Waals surface area contributed by atoms with Gasteiger partial charge in [-0.05, 0) is 54.5 Å². The van der Waals surface area contributed by atoms with Crippen LogP contribution in [-0.4, -0.2) is 45.3 Å². The zero-order valence-corrected chi connectivity index (χ0v) is 16.4. The first kappa shape index (κ1) is 18.7. The van der Waals surface area contributed by atoms with Crippen molar-refractivity contribution in [3.05, 3.63) is 58.9 Å². The summed E-state index contributed by atoms with van der Waals surface area (Å²) in [4.78, 5) is 6.85. The van der Waals surface area contributed by atoms with E-state index in [2.05, 4.69) is 16.8 Å². The molecule has 1 aromatic heterocycles. The van der Waals surface area contributed by atoms with Gasteiger partial charge in [0, 0.05) is 42.7 Å². The van der Waals surface area contributed by atoms with E-state index in [-0.39, 0.29) is 5.75 Å². The van der Waals surface area contributed by atoms with Crippen molar-refractivity contribution in [3.63, 3.8) is 0 Å². The van der Waals surface area contributed by atoms with Crippen molar-refractivity contribution in [1.29, 1.82) is 0 Å². The molecule has 1 aliphatic carbocycles. The highest BCUT2D eigenvalue weighted by Gasteiger charge is 2.48. The predicted molar refractivity (Wildman–Crippen MR) is 107 cm³/mol. The minimum absolute atomic E-state index is 0.210. The van der Waals surface area contributed by atoms with E-state index in [9.17, 15) is 10.2 Å². The van der Waals surface area contributed by atoms with E-state index in [0.717, 1.165) is 48.8 Å². The van der Waals surface area contributed by atoms with Gasteiger partial charge in [-0.25, -0.2) is 0 Å². The molecule has 2 unspecified atom stereocenters. The van der Waals surface area contributed by atoms with Crippen molar-refractivity contribution in [1.82, 2.24) is 9.88 Å². The Hall–Kier alpha value is -1.62. The first-order valence-corrected chi connectivity index (χ1v) is 10.1. The van der Waals surface area contributed by atoms with Crippen LogP contribution < -0.4 is 0 Å². The van der Waals surface area contributed by atoms with Gasteiger partial charge in [-0.3, -0.25) is 4.98 Å². The lowest BCUT2D eigenvalue weighted by molar-refractivity contribution is 0.0353. The molecule has 1 aromatic carbocycles. The largest absolute Gasteiger partial charge is 0.506 e. The van der Waals surface area contributed by atoms with Crippen LogP contribution in [0.1, 0.15) is 36.9 Å². The van der Waals surface area contributed by atoms with Crippen molar-refractivity contribution in [2.45, 2.75) is 37.7 Å². The van der Waals surface area contributed by atoms with Gasteiger partial charge in [-0.15, -0.1) is 0 Å². The molecule has 2 heterocycles. The van der Waals surface area contributed by atoms with Crippen molar-refractivity contribution in [2.24, 2.45) is 11.8 Å². The number of rotatable bonds is 5. The fourth-order valence-corrected chi connectivity index (χ4v) is 5.13. The lowest BCUT2D eigenvalue weighted by atomic mass is 9.91. The third-order valence-electron chi connectivity index (χ3n) is 6.19. The van der Waals surface area contributed by atoms with Crippen LogP contribution in [0.4, 0.5) is 0 Å². The monoisotopic (exact) mass is 386 g/mol. The van der Waals surface area contributed by atoms with Gasteiger partial charge in [0.2, 0.25) is 0 Å². The van der Waals surface area contributed by atoms with Crippen LogP contribution in [0.15, 0.2) is 42.6 Å². The number of pyridine rings is 1. The molecule has 1 aliphatic heterocycles. The van der Waals surface area contributed by atoms with Gasteiger partial charge < -0.3 is 15.1 Å². The number of aromatic hydroxyl groups is 1. The number of halogens is 1. The van der Waals surface area contributed by atoms with E-state index in [1.54, 1.807) is 6.07 Å². The van der Waals surface area contributed by atoms with E-state index in [4.69, 9.17) is 11.6 Å². The van der Waals surface area contributed by atoms with Gasteiger partial charge >= 0.3 is 0 Å². The van der Waals surface area contributed by atoms with Crippen molar-refractivity contribution in [3.8, 4) is 5.75 Å². The topological polar surface area (TPSA) is 56.6 Å². The van der Waals surface area contributed by atoms with Crippen molar-refractivity contribution < 1.29 is 10.2 Å². The highest BCUT2D eigenvalue weighted by molar-refractivity contribution is 6.30. The van der Waals surface area contributed by atoms with E-state index in [0.29, 0.717) is 24.2 Å². The second-order valence-electron chi connectivity index (χ2n) is 8.52. The van der Waals surface area contributed by atoms with Crippen LogP contribution in [0.3, 0.4) is 0 Å². The minimum atomic E-state index is -0.584. The second-order valence-corrected chi connectivity index (χ2v) is 8.95. The maximum Gasteiger partial charge on any atom is 0.133 e. The molecule has 27 heavy (non-hydrogen) atoms. The van der Waals surface area contributed by atoms with Crippen LogP contribution in [0.25, 0.3) is 0 Å². The maximum atomic E-state index is 11.1. The van der Waals surface area contributed by atoms with Gasteiger partial charge in [-0.2, -0.15) is 0 Å². The predicted octanol–water partition coefficient (Wildman–Crippen LogP) is 3.86. The fourth-order valence-electron chi connectivity index (χ4n) is 5.00. The van der Waals surface area contributed by atoms with Crippen LogP contribution in [0, 0.1) is 11.8 Å². The number of nitrogens with zero attached hydrogens (tertiary/aromatic N) is 2. The molecule has 2 N–H and O–H groups in total. The van der Waals surface area contributed by atoms with Crippen LogP contribution in [-0.2, 0) is 6.42 Å². The Morgan fingerprint density at radius 1 is 1.15 bits per heavy atom. The fraction of sp³-hybridized carbons (Fsp3) is 0.500. The molecule has 1 saturated heterocycles.